The lowest BCUT2D eigenvalue weighted by Crippen LogP contribution is -2.00. The maximum absolute atomic E-state index is 5.83. The summed E-state index contributed by atoms with van der Waals surface area (Å²) in [5.41, 5.74) is 7.48. The van der Waals surface area contributed by atoms with Gasteiger partial charge < -0.3 is 10.5 Å². The zero-order valence-corrected chi connectivity index (χ0v) is 10.3. The van der Waals surface area contributed by atoms with Crippen molar-refractivity contribution in [1.29, 1.82) is 0 Å². The van der Waals surface area contributed by atoms with Gasteiger partial charge in [0.25, 0.3) is 0 Å². The number of nitrogens with two attached hydrogens (primary N) is 1. The molecule has 0 saturated carbocycles. The molecule has 0 amide bonds. The molecule has 3 rings (SSSR count). The van der Waals surface area contributed by atoms with Crippen LogP contribution in [0.3, 0.4) is 0 Å². The van der Waals surface area contributed by atoms with E-state index in [9.17, 15) is 0 Å². The molecule has 94 valence electrons. The van der Waals surface area contributed by atoms with Gasteiger partial charge in [-0.25, -0.2) is 0 Å². The molecule has 0 atom stereocenters. The molecule has 4 nitrogen and oxygen atoms in total. The Bertz CT molecular complexity index is 712. The lowest BCUT2D eigenvalue weighted by atomic mass is 10.2. The van der Waals surface area contributed by atoms with E-state index in [0.29, 0.717) is 12.3 Å². The van der Waals surface area contributed by atoms with Crippen LogP contribution in [0.5, 0.6) is 11.5 Å². The van der Waals surface area contributed by atoms with Crippen molar-refractivity contribution in [2.24, 2.45) is 5.73 Å². The first kappa shape index (κ1) is 11.6. The van der Waals surface area contributed by atoms with Crippen LogP contribution in [0.4, 0.5) is 0 Å². The molecule has 0 aliphatic rings. The summed E-state index contributed by atoms with van der Waals surface area (Å²) in [6.45, 7) is 0.393. The maximum Gasteiger partial charge on any atom is 0.146 e. The Labute approximate surface area is 110 Å². The lowest BCUT2D eigenvalue weighted by Gasteiger charge is -2.09. The highest BCUT2D eigenvalue weighted by molar-refractivity contribution is 5.79. The fourth-order valence-corrected chi connectivity index (χ4v) is 1.90. The molecule has 0 aliphatic heterocycles. The van der Waals surface area contributed by atoms with Crippen molar-refractivity contribution in [3.8, 4) is 11.5 Å². The van der Waals surface area contributed by atoms with E-state index in [1.807, 2.05) is 30.3 Å². The van der Waals surface area contributed by atoms with Crippen LogP contribution in [0.15, 0.2) is 55.0 Å². The fraction of sp³-hybridized carbons (Fsp3) is 0.0667. The Morgan fingerprint density at radius 1 is 1.11 bits per heavy atom. The number of para-hydroxylation sites is 1. The molecule has 0 radical (unpaired) electrons. The molecule has 19 heavy (non-hydrogen) atoms. The number of hydrogen-bond donors (Lipinski definition) is 1. The largest absolute Gasteiger partial charge is 0.455 e. The van der Waals surface area contributed by atoms with Gasteiger partial charge in [-0.2, -0.15) is 0 Å². The summed E-state index contributed by atoms with van der Waals surface area (Å²) in [5, 5.41) is 1.04. The zero-order valence-electron chi connectivity index (χ0n) is 10.3. The van der Waals surface area contributed by atoms with Crippen molar-refractivity contribution in [2.45, 2.75) is 6.54 Å². The van der Waals surface area contributed by atoms with E-state index in [2.05, 4.69) is 9.97 Å². The van der Waals surface area contributed by atoms with Crippen LogP contribution in [-0.2, 0) is 6.54 Å². The fourth-order valence-electron chi connectivity index (χ4n) is 1.90. The van der Waals surface area contributed by atoms with Gasteiger partial charge in [0, 0.05) is 29.9 Å². The molecule has 0 bridgehead atoms. The molecule has 1 aromatic carbocycles. The van der Waals surface area contributed by atoms with Crippen molar-refractivity contribution in [1.82, 2.24) is 9.97 Å². The van der Waals surface area contributed by atoms with Gasteiger partial charge in [0.05, 0.1) is 11.7 Å². The molecule has 2 N–H and O–H groups in total. The average Bonchev–Trinajstić information content (AvgIpc) is 2.48. The minimum absolute atomic E-state index is 0.393. The monoisotopic (exact) mass is 251 g/mol. The number of hydrogen-bond acceptors (Lipinski definition) is 4. The molecule has 0 aliphatic carbocycles. The van der Waals surface area contributed by atoms with Gasteiger partial charge in [0.1, 0.15) is 11.5 Å². The van der Waals surface area contributed by atoms with Gasteiger partial charge in [-0.05, 0) is 18.2 Å². The van der Waals surface area contributed by atoms with Crippen molar-refractivity contribution >= 4 is 10.9 Å². The van der Waals surface area contributed by atoms with E-state index >= 15 is 0 Å². The van der Waals surface area contributed by atoms with Gasteiger partial charge >= 0.3 is 0 Å². The van der Waals surface area contributed by atoms with E-state index in [1.54, 1.807) is 24.7 Å². The van der Waals surface area contributed by atoms with Gasteiger partial charge in [-0.1, -0.05) is 18.2 Å². The highest BCUT2D eigenvalue weighted by atomic mass is 16.5. The predicted molar refractivity (Wildman–Crippen MR) is 73.9 cm³/mol. The highest BCUT2D eigenvalue weighted by Gasteiger charge is 2.04. The molecular formula is C15H13N3O. The summed E-state index contributed by atoms with van der Waals surface area (Å²) in [4.78, 5) is 8.39. The van der Waals surface area contributed by atoms with E-state index in [4.69, 9.17) is 10.5 Å². The molecule has 0 spiro atoms. The first-order valence-electron chi connectivity index (χ1n) is 6.02. The topological polar surface area (TPSA) is 61.0 Å². The lowest BCUT2D eigenvalue weighted by molar-refractivity contribution is 0.474. The van der Waals surface area contributed by atoms with Crippen molar-refractivity contribution < 1.29 is 4.74 Å². The Morgan fingerprint density at radius 3 is 2.89 bits per heavy atom. The first-order chi connectivity index (χ1) is 9.36. The number of fused-ring (bicyclic) bond motifs is 1. The Morgan fingerprint density at radius 2 is 2.00 bits per heavy atom. The summed E-state index contributed by atoms with van der Waals surface area (Å²) in [6.07, 6.45) is 5.11. The quantitative estimate of drug-likeness (QED) is 0.777. The zero-order chi connectivity index (χ0) is 13.1. The molecule has 0 unspecified atom stereocenters. The normalized spacial score (nSPS) is 10.6. The van der Waals surface area contributed by atoms with Crippen LogP contribution in [0.1, 0.15) is 5.56 Å². The van der Waals surface area contributed by atoms with Crippen molar-refractivity contribution in [3.05, 3.63) is 60.6 Å². The maximum atomic E-state index is 5.83. The Kier molecular flexibility index (Phi) is 3.08. The second-order valence-electron chi connectivity index (χ2n) is 4.15. The highest BCUT2D eigenvalue weighted by Crippen LogP contribution is 2.26. The van der Waals surface area contributed by atoms with Gasteiger partial charge in [-0.15, -0.1) is 0 Å². The predicted octanol–water partition coefficient (Wildman–Crippen LogP) is 2.88. The molecule has 0 saturated heterocycles. The summed E-state index contributed by atoms with van der Waals surface area (Å²) in [5.74, 6) is 1.41. The molecule has 2 heterocycles. The summed E-state index contributed by atoms with van der Waals surface area (Å²) < 4.78 is 5.83. The van der Waals surface area contributed by atoms with Crippen LogP contribution in [0.25, 0.3) is 10.9 Å². The minimum atomic E-state index is 0.393. The van der Waals surface area contributed by atoms with Crippen LogP contribution in [0.2, 0.25) is 0 Å². The standard InChI is InChI=1S/C15H13N3O/c16-8-12-9-17-6-5-15(12)19-13-7-11-3-1-2-4-14(11)18-10-13/h1-7,9-10H,8,16H2. The molecule has 4 heteroatoms. The van der Waals surface area contributed by atoms with Crippen LogP contribution in [-0.4, -0.2) is 9.97 Å². The minimum Gasteiger partial charge on any atom is -0.455 e. The van der Waals surface area contributed by atoms with E-state index < -0.39 is 0 Å². The number of ether oxygens (including phenoxy) is 1. The number of benzene rings is 1. The van der Waals surface area contributed by atoms with Crippen molar-refractivity contribution in [3.63, 3.8) is 0 Å². The molecule has 2 aromatic heterocycles. The number of nitrogens with zero attached hydrogens (tertiary/aromatic N) is 2. The Hall–Kier alpha value is -2.46. The first-order valence-corrected chi connectivity index (χ1v) is 6.02. The van der Waals surface area contributed by atoms with Crippen molar-refractivity contribution in [2.75, 3.05) is 0 Å². The second-order valence-corrected chi connectivity index (χ2v) is 4.15. The van der Waals surface area contributed by atoms with E-state index in [1.165, 1.54) is 0 Å². The second kappa shape index (κ2) is 5.04. The third-order valence-corrected chi connectivity index (χ3v) is 2.87. The SMILES string of the molecule is NCc1cnccc1Oc1cnc2ccccc2c1. The van der Waals surface area contributed by atoms with Crippen LogP contribution >= 0.6 is 0 Å². The van der Waals surface area contributed by atoms with Crippen LogP contribution < -0.4 is 10.5 Å². The smallest absolute Gasteiger partial charge is 0.146 e. The summed E-state index contributed by atoms with van der Waals surface area (Å²) in [6, 6.07) is 11.7. The van der Waals surface area contributed by atoms with E-state index in [0.717, 1.165) is 22.2 Å². The van der Waals surface area contributed by atoms with E-state index in [-0.39, 0.29) is 0 Å². The summed E-state index contributed by atoms with van der Waals surface area (Å²) in [7, 11) is 0. The average molecular weight is 251 g/mol. The third-order valence-electron chi connectivity index (χ3n) is 2.87. The number of pyridine rings is 2. The van der Waals surface area contributed by atoms with Gasteiger partial charge in [0.15, 0.2) is 0 Å². The molecular weight excluding hydrogens is 238 g/mol. The number of rotatable bonds is 3. The summed E-state index contributed by atoms with van der Waals surface area (Å²) >= 11 is 0. The van der Waals surface area contributed by atoms with Gasteiger partial charge in [-0.3, -0.25) is 9.97 Å². The van der Waals surface area contributed by atoms with Gasteiger partial charge in [0.2, 0.25) is 0 Å². The Balaban J connectivity index is 1.96. The number of aromatic nitrogens is 2. The van der Waals surface area contributed by atoms with Crippen LogP contribution in [0, 0.1) is 0 Å². The molecule has 3 aromatic rings. The molecule has 0 fully saturated rings. The third kappa shape index (κ3) is 2.39.